The van der Waals surface area contributed by atoms with Crippen LogP contribution >= 0.6 is 11.3 Å². The Balaban J connectivity index is 1.41. The van der Waals surface area contributed by atoms with Crippen molar-refractivity contribution in [2.45, 2.75) is 91.2 Å². The Kier molecular flexibility index (Phi) is 8.70. The van der Waals surface area contributed by atoms with Crippen molar-refractivity contribution in [3.63, 3.8) is 0 Å². The number of amides is 1. The highest BCUT2D eigenvalue weighted by atomic mass is 32.1. The van der Waals surface area contributed by atoms with Crippen molar-refractivity contribution >= 4 is 39.8 Å². The maximum Gasteiger partial charge on any atom is 0.348 e. The van der Waals surface area contributed by atoms with Crippen LogP contribution in [0.15, 0.2) is 42.6 Å². The van der Waals surface area contributed by atoms with Crippen molar-refractivity contribution in [1.29, 1.82) is 0 Å². The first-order valence-electron chi connectivity index (χ1n) is 14.8. The molecule has 6 nitrogen and oxygen atoms in total. The fraction of sp³-hybridized carbons (Fsp3) is 0.500. The predicted octanol–water partition coefficient (Wildman–Crippen LogP) is 7.94. The molecule has 0 bridgehead atoms. The Morgan fingerprint density at radius 3 is 2.41 bits per heavy atom. The summed E-state index contributed by atoms with van der Waals surface area (Å²) >= 11 is 1.17. The number of hydrogen-bond acceptors (Lipinski definition) is 5. The summed E-state index contributed by atoms with van der Waals surface area (Å²) in [4.78, 5) is 33.8. The predicted molar refractivity (Wildman–Crippen MR) is 165 cm³/mol. The van der Waals surface area contributed by atoms with Gasteiger partial charge in [0.25, 0.3) is 0 Å². The second-order valence-corrected chi connectivity index (χ2v) is 13.7. The van der Waals surface area contributed by atoms with E-state index in [1.165, 1.54) is 11.3 Å². The van der Waals surface area contributed by atoms with Gasteiger partial charge in [-0.25, -0.2) is 4.79 Å². The number of pyridine rings is 1. The molecule has 1 amide bonds. The van der Waals surface area contributed by atoms with E-state index in [1.807, 2.05) is 62.1 Å². The van der Waals surface area contributed by atoms with Crippen LogP contribution < -0.4 is 9.64 Å². The lowest BCUT2D eigenvalue weighted by Gasteiger charge is -2.39. The van der Waals surface area contributed by atoms with Gasteiger partial charge < -0.3 is 14.7 Å². The third-order valence-corrected chi connectivity index (χ3v) is 9.27. The van der Waals surface area contributed by atoms with E-state index in [0.29, 0.717) is 16.5 Å². The van der Waals surface area contributed by atoms with E-state index in [2.05, 4.69) is 23.7 Å². The molecule has 1 aromatic carbocycles. The molecule has 0 aliphatic heterocycles. The van der Waals surface area contributed by atoms with Crippen LogP contribution in [0.1, 0.15) is 93.6 Å². The molecule has 41 heavy (non-hydrogen) atoms. The summed E-state index contributed by atoms with van der Waals surface area (Å²) in [5.74, 6) is 6.83. The molecular formula is C34H40N2O4S. The Bertz CT molecular complexity index is 1460. The number of carbonyl (C=O) groups excluding carboxylic acids is 1. The number of carbonyl (C=O) groups is 2. The molecule has 1 N–H and O–H groups in total. The van der Waals surface area contributed by atoms with E-state index in [-0.39, 0.29) is 34.3 Å². The van der Waals surface area contributed by atoms with Gasteiger partial charge in [-0.2, -0.15) is 0 Å². The van der Waals surface area contributed by atoms with Gasteiger partial charge >= 0.3 is 5.97 Å². The van der Waals surface area contributed by atoms with E-state index >= 15 is 0 Å². The van der Waals surface area contributed by atoms with Gasteiger partial charge in [0.1, 0.15) is 10.6 Å². The topological polar surface area (TPSA) is 79.7 Å². The number of rotatable bonds is 6. The summed E-state index contributed by atoms with van der Waals surface area (Å²) in [6.07, 6.45) is 8.65. The maximum absolute atomic E-state index is 14.2. The van der Waals surface area contributed by atoms with Gasteiger partial charge in [-0.05, 0) is 102 Å². The molecule has 7 heteroatoms. The smallest absolute Gasteiger partial charge is 0.348 e. The zero-order valence-electron chi connectivity index (χ0n) is 24.5. The van der Waals surface area contributed by atoms with Crippen molar-refractivity contribution < 1.29 is 19.4 Å². The van der Waals surface area contributed by atoms with Crippen LogP contribution in [0.5, 0.6) is 5.75 Å². The Morgan fingerprint density at radius 2 is 1.73 bits per heavy atom. The Hall–Kier alpha value is -3.37. The number of aromatic nitrogens is 1. The normalized spacial score (nSPS) is 22.9. The maximum atomic E-state index is 14.2. The molecule has 3 aromatic rings. The molecule has 0 spiro atoms. The fourth-order valence-electron chi connectivity index (χ4n) is 6.00. The summed E-state index contributed by atoms with van der Waals surface area (Å²) < 4.78 is 6.47. The summed E-state index contributed by atoms with van der Waals surface area (Å²) in [5, 5.41) is 11.2. The number of thiophene rings is 1. The third-order valence-electron chi connectivity index (χ3n) is 8.24. The van der Waals surface area contributed by atoms with Gasteiger partial charge in [0.2, 0.25) is 5.91 Å². The van der Waals surface area contributed by atoms with Crippen LogP contribution in [0.4, 0.5) is 5.69 Å². The molecule has 2 heterocycles. The third kappa shape index (κ3) is 6.93. The lowest BCUT2D eigenvalue weighted by Crippen LogP contribution is -2.47. The molecule has 0 saturated heterocycles. The number of carboxylic acids is 1. The van der Waals surface area contributed by atoms with Crippen LogP contribution in [0.2, 0.25) is 0 Å². The highest BCUT2D eigenvalue weighted by molar-refractivity contribution is 7.15. The van der Waals surface area contributed by atoms with E-state index in [0.717, 1.165) is 68.0 Å². The minimum absolute atomic E-state index is 0.0270. The highest BCUT2D eigenvalue weighted by Gasteiger charge is 2.38. The molecule has 0 atom stereocenters. The zero-order chi connectivity index (χ0) is 29.1. The first kappa shape index (κ1) is 29.1. The van der Waals surface area contributed by atoms with Gasteiger partial charge in [0, 0.05) is 29.0 Å². The minimum Gasteiger partial charge on any atom is -0.490 e. The van der Waals surface area contributed by atoms with Gasteiger partial charge in [-0.1, -0.05) is 30.9 Å². The fourth-order valence-corrected chi connectivity index (χ4v) is 6.84. The standard InChI is InChI=1S/C34H40N2O4S/c1-22-9-11-23(12-10-22)32(37)36(29-21-26(17-19-34(2,3)4)41-31(29)33(38)39)24-13-15-25(16-14-24)40-30-18-20-35-28-8-6-5-7-27(28)30/h5-8,18,20-25H,9-16H2,1-4H3,(H,38,39)/t22-,23-,24-,25-. The molecule has 2 aliphatic rings. The van der Waals surface area contributed by atoms with Crippen LogP contribution in [-0.4, -0.2) is 34.1 Å². The lowest BCUT2D eigenvalue weighted by atomic mass is 9.81. The minimum atomic E-state index is -1.01. The van der Waals surface area contributed by atoms with Crippen molar-refractivity contribution in [3.05, 3.63) is 52.3 Å². The second-order valence-electron chi connectivity index (χ2n) is 12.7. The number of carboxylic acid groups (broad SMARTS) is 1. The molecule has 216 valence electrons. The van der Waals surface area contributed by atoms with Crippen LogP contribution in [0, 0.1) is 29.1 Å². The van der Waals surface area contributed by atoms with Crippen LogP contribution in [0.3, 0.4) is 0 Å². The van der Waals surface area contributed by atoms with Crippen molar-refractivity contribution in [2.24, 2.45) is 17.3 Å². The van der Waals surface area contributed by atoms with Gasteiger partial charge in [-0.3, -0.25) is 9.78 Å². The molecule has 2 fully saturated rings. The zero-order valence-corrected chi connectivity index (χ0v) is 25.3. The van der Waals surface area contributed by atoms with Crippen molar-refractivity contribution in [2.75, 3.05) is 4.90 Å². The molecule has 0 radical (unpaired) electrons. The number of benzene rings is 1. The Labute approximate surface area is 247 Å². The van der Waals surface area contributed by atoms with E-state index in [1.54, 1.807) is 6.20 Å². The molecule has 2 saturated carbocycles. The second kappa shape index (κ2) is 12.2. The highest BCUT2D eigenvalue weighted by Crippen LogP contribution is 2.39. The number of fused-ring (bicyclic) bond motifs is 1. The quantitative estimate of drug-likeness (QED) is 0.303. The average Bonchev–Trinajstić information content (AvgIpc) is 3.37. The molecule has 2 aliphatic carbocycles. The van der Waals surface area contributed by atoms with Crippen molar-refractivity contribution in [3.8, 4) is 17.6 Å². The summed E-state index contributed by atoms with van der Waals surface area (Å²) in [6, 6.07) is 11.6. The number of anilines is 1. The number of para-hydroxylation sites is 1. The van der Waals surface area contributed by atoms with Crippen LogP contribution in [0.25, 0.3) is 10.9 Å². The monoisotopic (exact) mass is 572 g/mol. The first-order valence-corrected chi connectivity index (χ1v) is 15.6. The van der Waals surface area contributed by atoms with E-state index in [9.17, 15) is 14.7 Å². The molecule has 0 unspecified atom stereocenters. The average molecular weight is 573 g/mol. The summed E-state index contributed by atoms with van der Waals surface area (Å²) in [7, 11) is 0. The van der Waals surface area contributed by atoms with Gasteiger partial charge in [0.15, 0.2) is 0 Å². The summed E-state index contributed by atoms with van der Waals surface area (Å²) in [6.45, 7) is 8.33. The number of aromatic carboxylic acids is 1. The number of ether oxygens (including phenoxy) is 1. The van der Waals surface area contributed by atoms with Gasteiger partial charge in [-0.15, -0.1) is 11.3 Å². The van der Waals surface area contributed by atoms with Crippen LogP contribution in [-0.2, 0) is 4.79 Å². The summed E-state index contributed by atoms with van der Waals surface area (Å²) in [5.41, 5.74) is 1.20. The first-order chi connectivity index (χ1) is 19.6. The largest absolute Gasteiger partial charge is 0.490 e. The molecular weight excluding hydrogens is 532 g/mol. The van der Waals surface area contributed by atoms with Gasteiger partial charge in [0.05, 0.1) is 22.2 Å². The van der Waals surface area contributed by atoms with E-state index < -0.39 is 5.97 Å². The molecule has 2 aromatic heterocycles. The Morgan fingerprint density at radius 1 is 1.02 bits per heavy atom. The number of nitrogens with zero attached hydrogens (tertiary/aromatic N) is 2. The SMILES string of the molecule is CC(C)(C)C#Cc1cc(N(C(=O)[C@H]2CC[C@H](C)CC2)[C@H]2CC[C@H](Oc3ccnc4ccccc34)CC2)c(C(=O)O)s1. The number of hydrogen-bond donors (Lipinski definition) is 1. The lowest BCUT2D eigenvalue weighted by molar-refractivity contribution is -0.124. The van der Waals surface area contributed by atoms with E-state index in [4.69, 9.17) is 4.74 Å². The van der Waals surface area contributed by atoms with Crippen molar-refractivity contribution in [1.82, 2.24) is 4.98 Å². The molecule has 5 rings (SSSR count).